The second kappa shape index (κ2) is 7.25. The van der Waals surface area contributed by atoms with E-state index in [4.69, 9.17) is 9.26 Å². The highest BCUT2D eigenvalue weighted by molar-refractivity contribution is 7.92. The summed E-state index contributed by atoms with van der Waals surface area (Å²) < 4.78 is 62.7. The van der Waals surface area contributed by atoms with E-state index in [1.54, 1.807) is 26.0 Å². The molecule has 0 N–H and O–H groups in total. The Kier molecular flexibility index (Phi) is 5.33. The zero-order valence-corrected chi connectivity index (χ0v) is 17.0. The number of rotatable bonds is 5. The predicted octanol–water partition coefficient (Wildman–Crippen LogP) is 1.93. The van der Waals surface area contributed by atoms with Gasteiger partial charge in [0.15, 0.2) is 15.6 Å². The van der Waals surface area contributed by atoms with Gasteiger partial charge in [-0.25, -0.2) is 16.8 Å². The molecule has 0 amide bonds. The fraction of sp³-hybridized carbons (Fsp3) is 0.471. The van der Waals surface area contributed by atoms with Crippen molar-refractivity contribution in [3.63, 3.8) is 0 Å². The van der Waals surface area contributed by atoms with E-state index in [0.717, 1.165) is 0 Å². The van der Waals surface area contributed by atoms with Gasteiger partial charge in [-0.1, -0.05) is 5.16 Å². The summed E-state index contributed by atoms with van der Waals surface area (Å²) in [7, 11) is -5.78. The van der Waals surface area contributed by atoms with E-state index >= 15 is 0 Å². The minimum absolute atomic E-state index is 0.0685. The molecule has 27 heavy (non-hydrogen) atoms. The summed E-state index contributed by atoms with van der Waals surface area (Å²) in [5, 5.41) is 3.08. The molecule has 0 bridgehead atoms. The van der Waals surface area contributed by atoms with Gasteiger partial charge in [-0.3, -0.25) is 0 Å². The minimum atomic E-state index is -3.76. The molecule has 0 unspecified atom stereocenters. The predicted molar refractivity (Wildman–Crippen MR) is 97.9 cm³/mol. The Bertz CT molecular complexity index is 998. The Balaban J connectivity index is 1.76. The molecule has 0 aliphatic carbocycles. The summed E-state index contributed by atoms with van der Waals surface area (Å²) in [5.74, 6) is 0.815. The number of ether oxygens (including phenoxy) is 1. The van der Waals surface area contributed by atoms with Gasteiger partial charge in [0.1, 0.15) is 16.3 Å². The van der Waals surface area contributed by atoms with Crippen molar-refractivity contribution in [3.05, 3.63) is 35.7 Å². The van der Waals surface area contributed by atoms with Gasteiger partial charge in [-0.15, -0.1) is 0 Å². The zero-order valence-electron chi connectivity index (χ0n) is 15.4. The second-order valence-corrected chi connectivity index (χ2v) is 10.6. The number of piperidine rings is 1. The molecular weight excluding hydrogens is 392 g/mol. The van der Waals surface area contributed by atoms with Crippen LogP contribution in [0.25, 0.3) is 0 Å². The maximum Gasteiger partial charge on any atom is 0.248 e. The highest BCUT2D eigenvalue weighted by Crippen LogP contribution is 2.30. The number of nitrogens with zero attached hydrogens (tertiary/aromatic N) is 2. The van der Waals surface area contributed by atoms with Crippen LogP contribution < -0.4 is 4.74 Å². The smallest absolute Gasteiger partial charge is 0.248 e. The van der Waals surface area contributed by atoms with Gasteiger partial charge in [0.25, 0.3) is 0 Å². The summed E-state index contributed by atoms with van der Waals surface area (Å²) in [6, 6.07) is 6.23. The third-order valence-corrected chi connectivity index (χ3v) is 9.22. The maximum atomic E-state index is 12.8. The molecule has 3 rings (SSSR count). The van der Waals surface area contributed by atoms with E-state index in [1.807, 2.05) is 0 Å². The number of sulfone groups is 1. The highest BCUT2D eigenvalue weighted by atomic mass is 32.2. The minimum Gasteiger partial charge on any atom is -0.497 e. The summed E-state index contributed by atoms with van der Waals surface area (Å²) in [4.78, 5) is 0.286. The van der Waals surface area contributed by atoms with Crippen molar-refractivity contribution < 1.29 is 26.1 Å². The average Bonchev–Trinajstić information content (AvgIpc) is 3.01. The van der Waals surface area contributed by atoms with Crippen molar-refractivity contribution in [2.45, 2.75) is 41.7 Å². The summed E-state index contributed by atoms with van der Waals surface area (Å²) >= 11 is 0. The number of hydrogen-bond donors (Lipinski definition) is 0. The molecule has 8 nitrogen and oxygen atoms in total. The van der Waals surface area contributed by atoms with E-state index in [-0.39, 0.29) is 41.5 Å². The molecule has 2 heterocycles. The normalized spacial score (nSPS) is 17.1. The van der Waals surface area contributed by atoms with Crippen LogP contribution in [0.3, 0.4) is 0 Å². The number of aryl methyl sites for hydroxylation is 2. The topological polar surface area (TPSA) is 107 Å². The van der Waals surface area contributed by atoms with E-state index < -0.39 is 25.1 Å². The van der Waals surface area contributed by atoms with Gasteiger partial charge in [-0.2, -0.15) is 4.31 Å². The van der Waals surface area contributed by atoms with Crippen LogP contribution in [0.4, 0.5) is 0 Å². The van der Waals surface area contributed by atoms with Gasteiger partial charge in [0, 0.05) is 13.1 Å². The van der Waals surface area contributed by atoms with Crippen LogP contribution >= 0.6 is 0 Å². The van der Waals surface area contributed by atoms with Crippen molar-refractivity contribution in [2.24, 2.45) is 0 Å². The van der Waals surface area contributed by atoms with E-state index in [2.05, 4.69) is 5.16 Å². The van der Waals surface area contributed by atoms with Crippen molar-refractivity contribution in [3.8, 4) is 5.75 Å². The van der Waals surface area contributed by atoms with E-state index in [1.165, 1.54) is 23.5 Å². The number of sulfonamides is 1. The number of methoxy groups -OCH3 is 1. The molecule has 10 heteroatoms. The van der Waals surface area contributed by atoms with Crippen molar-refractivity contribution in [1.82, 2.24) is 9.46 Å². The van der Waals surface area contributed by atoms with Crippen LogP contribution in [0, 0.1) is 13.8 Å². The molecular formula is C17H22N2O6S2. The SMILES string of the molecule is COc1ccc(S(=O)(=O)C2CCN(S(=O)(=O)c3c(C)noc3C)CC2)cc1. The van der Waals surface area contributed by atoms with Gasteiger partial charge >= 0.3 is 0 Å². The molecule has 1 aromatic heterocycles. The van der Waals surface area contributed by atoms with Gasteiger partial charge in [0.2, 0.25) is 10.0 Å². The summed E-state index contributed by atoms with van der Waals surface area (Å²) in [6.07, 6.45) is 0.466. The molecule has 0 atom stereocenters. The molecule has 0 spiro atoms. The van der Waals surface area contributed by atoms with Crippen LogP contribution in [0.15, 0.2) is 38.6 Å². The Hall–Kier alpha value is -1.91. The first kappa shape index (κ1) is 19.8. The second-order valence-electron chi connectivity index (χ2n) is 6.48. The lowest BCUT2D eigenvalue weighted by atomic mass is 10.2. The fourth-order valence-corrected chi connectivity index (χ4v) is 6.81. The van der Waals surface area contributed by atoms with Gasteiger partial charge < -0.3 is 9.26 Å². The average molecular weight is 415 g/mol. The quantitative estimate of drug-likeness (QED) is 0.736. The molecule has 1 saturated heterocycles. The standard InChI is InChI=1S/C17H22N2O6S2/c1-12-17(13(2)25-18-12)27(22,23)19-10-8-16(9-11-19)26(20,21)15-6-4-14(24-3)5-7-15/h4-7,16H,8-11H2,1-3H3. The fourth-order valence-electron chi connectivity index (χ4n) is 3.31. The number of hydrogen-bond acceptors (Lipinski definition) is 7. The third kappa shape index (κ3) is 3.61. The maximum absolute atomic E-state index is 12.8. The van der Waals surface area contributed by atoms with Gasteiger partial charge in [0.05, 0.1) is 17.3 Å². The number of benzene rings is 1. The Morgan fingerprint density at radius 3 is 2.15 bits per heavy atom. The summed E-state index contributed by atoms with van der Waals surface area (Å²) in [5.41, 5.74) is 0.306. The first-order valence-electron chi connectivity index (χ1n) is 8.49. The van der Waals surface area contributed by atoms with Crippen molar-refractivity contribution in [2.75, 3.05) is 20.2 Å². The van der Waals surface area contributed by atoms with Crippen LogP contribution in [0.5, 0.6) is 5.75 Å². The molecule has 1 aliphatic rings. The molecule has 148 valence electrons. The first-order chi connectivity index (χ1) is 12.7. The molecule has 1 aliphatic heterocycles. The highest BCUT2D eigenvalue weighted by Gasteiger charge is 2.37. The van der Waals surface area contributed by atoms with Gasteiger partial charge in [-0.05, 0) is 51.0 Å². The molecule has 0 radical (unpaired) electrons. The summed E-state index contributed by atoms with van der Waals surface area (Å²) in [6.45, 7) is 3.39. The zero-order chi connectivity index (χ0) is 19.8. The lowest BCUT2D eigenvalue weighted by Crippen LogP contribution is -2.42. The van der Waals surface area contributed by atoms with Crippen LogP contribution in [-0.2, 0) is 19.9 Å². The molecule has 0 saturated carbocycles. The Morgan fingerprint density at radius 1 is 1.07 bits per heavy atom. The number of aromatic nitrogens is 1. The molecule has 1 fully saturated rings. The lowest BCUT2D eigenvalue weighted by Gasteiger charge is -2.30. The molecule has 1 aromatic carbocycles. The van der Waals surface area contributed by atoms with E-state index in [9.17, 15) is 16.8 Å². The first-order valence-corrected chi connectivity index (χ1v) is 11.5. The lowest BCUT2D eigenvalue weighted by molar-refractivity contribution is 0.344. The van der Waals surface area contributed by atoms with E-state index in [0.29, 0.717) is 11.4 Å². The Labute approximate surface area is 159 Å². The van der Waals surface area contributed by atoms with Crippen LogP contribution in [-0.4, -0.2) is 51.7 Å². The van der Waals surface area contributed by atoms with Crippen molar-refractivity contribution in [1.29, 1.82) is 0 Å². The molecule has 2 aromatic rings. The largest absolute Gasteiger partial charge is 0.497 e. The Morgan fingerprint density at radius 2 is 1.67 bits per heavy atom. The third-order valence-electron chi connectivity index (χ3n) is 4.79. The van der Waals surface area contributed by atoms with Crippen molar-refractivity contribution >= 4 is 19.9 Å². The van der Waals surface area contributed by atoms with Crippen LogP contribution in [0.2, 0.25) is 0 Å². The van der Waals surface area contributed by atoms with Crippen LogP contribution in [0.1, 0.15) is 24.3 Å². The monoisotopic (exact) mass is 414 g/mol.